The van der Waals surface area contributed by atoms with Gasteiger partial charge in [0.2, 0.25) is 0 Å². The molecule has 2 heteroatoms. The van der Waals surface area contributed by atoms with Crippen LogP contribution in [0.1, 0.15) is 36.4 Å². The maximum Gasteiger partial charge on any atom is 0.123 e. The number of rotatable bonds is 2. The lowest BCUT2D eigenvalue weighted by molar-refractivity contribution is 0.196. The molecular weight excluding hydrogens is 196 g/mol. The highest BCUT2D eigenvalue weighted by atomic mass is 15.2. The molecule has 1 aromatic rings. The number of nitrogens with zero attached hydrogens (tertiary/aromatic N) is 2. The number of hydrogen-bond acceptors (Lipinski definition) is 2. The Balaban J connectivity index is 2.15. The summed E-state index contributed by atoms with van der Waals surface area (Å²) in [5, 5.41) is 9.31. The summed E-state index contributed by atoms with van der Waals surface area (Å²) in [7, 11) is 0. The smallest absolute Gasteiger partial charge is 0.123 e. The van der Waals surface area contributed by atoms with Gasteiger partial charge in [0.25, 0.3) is 0 Å². The van der Waals surface area contributed by atoms with Crippen molar-refractivity contribution in [3.8, 4) is 6.07 Å². The zero-order valence-electron chi connectivity index (χ0n) is 9.82. The molecule has 1 heterocycles. The predicted octanol–water partition coefficient (Wildman–Crippen LogP) is 3.05. The highest BCUT2D eigenvalue weighted by Crippen LogP contribution is 2.24. The van der Waals surface area contributed by atoms with E-state index in [-0.39, 0.29) is 6.04 Å². The van der Waals surface area contributed by atoms with Crippen molar-refractivity contribution in [1.82, 2.24) is 4.90 Å². The minimum Gasteiger partial charge on any atom is -0.284 e. The van der Waals surface area contributed by atoms with E-state index in [2.05, 4.69) is 42.2 Å². The van der Waals surface area contributed by atoms with Gasteiger partial charge >= 0.3 is 0 Å². The van der Waals surface area contributed by atoms with Crippen molar-refractivity contribution in [3.05, 3.63) is 35.4 Å². The monoisotopic (exact) mass is 214 g/mol. The Bertz CT molecular complexity index is 369. The van der Waals surface area contributed by atoms with Crippen molar-refractivity contribution in [2.75, 3.05) is 13.1 Å². The van der Waals surface area contributed by atoms with Gasteiger partial charge in [-0.3, -0.25) is 4.90 Å². The van der Waals surface area contributed by atoms with E-state index in [1.54, 1.807) is 0 Å². The van der Waals surface area contributed by atoms with E-state index in [1.165, 1.54) is 24.8 Å². The van der Waals surface area contributed by atoms with Crippen molar-refractivity contribution in [3.63, 3.8) is 0 Å². The molecule has 2 nitrogen and oxygen atoms in total. The number of likely N-dealkylation sites (tertiary alicyclic amines) is 1. The maximum atomic E-state index is 9.31. The van der Waals surface area contributed by atoms with E-state index in [0.717, 1.165) is 18.7 Å². The van der Waals surface area contributed by atoms with Crippen LogP contribution in [-0.4, -0.2) is 18.0 Å². The average Bonchev–Trinajstić information content (AvgIpc) is 2.34. The van der Waals surface area contributed by atoms with Gasteiger partial charge < -0.3 is 0 Å². The van der Waals surface area contributed by atoms with Gasteiger partial charge in [-0.25, -0.2) is 0 Å². The van der Waals surface area contributed by atoms with E-state index in [1.807, 2.05) is 0 Å². The highest BCUT2D eigenvalue weighted by Gasteiger charge is 2.21. The molecule has 1 atom stereocenters. The molecule has 84 valence electrons. The van der Waals surface area contributed by atoms with E-state index < -0.39 is 0 Å². The largest absolute Gasteiger partial charge is 0.284 e. The van der Waals surface area contributed by atoms with Gasteiger partial charge in [-0.05, 0) is 38.4 Å². The van der Waals surface area contributed by atoms with Gasteiger partial charge in [-0.1, -0.05) is 36.2 Å². The van der Waals surface area contributed by atoms with Gasteiger partial charge in [0.05, 0.1) is 6.07 Å². The van der Waals surface area contributed by atoms with Crippen molar-refractivity contribution in [2.45, 2.75) is 32.2 Å². The third-order valence-corrected chi connectivity index (χ3v) is 3.27. The van der Waals surface area contributed by atoms with E-state index in [4.69, 9.17) is 0 Å². The van der Waals surface area contributed by atoms with Gasteiger partial charge in [-0.15, -0.1) is 0 Å². The number of piperidine rings is 1. The first kappa shape index (κ1) is 11.2. The fourth-order valence-corrected chi connectivity index (χ4v) is 2.29. The fourth-order valence-electron chi connectivity index (χ4n) is 2.29. The van der Waals surface area contributed by atoms with E-state index in [9.17, 15) is 5.26 Å². The molecule has 16 heavy (non-hydrogen) atoms. The number of benzene rings is 1. The lowest BCUT2D eigenvalue weighted by Gasteiger charge is -2.30. The summed E-state index contributed by atoms with van der Waals surface area (Å²) < 4.78 is 0. The third-order valence-electron chi connectivity index (χ3n) is 3.27. The highest BCUT2D eigenvalue weighted by molar-refractivity contribution is 5.27. The summed E-state index contributed by atoms with van der Waals surface area (Å²) in [5.41, 5.74) is 2.38. The summed E-state index contributed by atoms with van der Waals surface area (Å²) >= 11 is 0. The maximum absolute atomic E-state index is 9.31. The minimum atomic E-state index is -0.0547. The molecule has 0 bridgehead atoms. The SMILES string of the molecule is Cc1ccc([C@@H](C#N)N2CCCCC2)cc1. The Labute approximate surface area is 97.5 Å². The van der Waals surface area contributed by atoms with Crippen LogP contribution >= 0.6 is 0 Å². The molecule has 0 aromatic heterocycles. The first-order valence-corrected chi connectivity index (χ1v) is 6.01. The Morgan fingerprint density at radius 3 is 2.31 bits per heavy atom. The molecular formula is C14H18N2. The first-order chi connectivity index (χ1) is 7.81. The van der Waals surface area contributed by atoms with Gasteiger partial charge in [0.15, 0.2) is 0 Å². The Hall–Kier alpha value is -1.33. The fraction of sp³-hybridized carbons (Fsp3) is 0.500. The zero-order chi connectivity index (χ0) is 11.4. The van der Waals surface area contributed by atoms with E-state index in [0.29, 0.717) is 0 Å². The van der Waals surface area contributed by atoms with Crippen molar-refractivity contribution in [2.24, 2.45) is 0 Å². The normalized spacial score (nSPS) is 19.0. The second-order valence-electron chi connectivity index (χ2n) is 4.54. The third kappa shape index (κ3) is 2.43. The van der Waals surface area contributed by atoms with Crippen molar-refractivity contribution < 1.29 is 0 Å². The Morgan fingerprint density at radius 1 is 1.12 bits per heavy atom. The van der Waals surface area contributed by atoms with Gasteiger partial charge in [0.1, 0.15) is 6.04 Å². The molecule has 1 fully saturated rings. The molecule has 0 radical (unpaired) electrons. The molecule has 0 spiro atoms. The summed E-state index contributed by atoms with van der Waals surface area (Å²) in [6.07, 6.45) is 3.76. The second-order valence-corrected chi connectivity index (χ2v) is 4.54. The van der Waals surface area contributed by atoms with E-state index >= 15 is 0 Å². The van der Waals surface area contributed by atoms with Crippen LogP contribution in [0.4, 0.5) is 0 Å². The second kappa shape index (κ2) is 5.14. The topological polar surface area (TPSA) is 27.0 Å². The van der Waals surface area contributed by atoms with Crippen LogP contribution < -0.4 is 0 Å². The molecule has 1 aliphatic heterocycles. The van der Waals surface area contributed by atoms with Crippen LogP contribution in [0.5, 0.6) is 0 Å². The minimum absolute atomic E-state index is 0.0547. The standard InChI is InChI=1S/C14H18N2/c1-12-5-7-13(8-6-12)14(11-15)16-9-3-2-4-10-16/h5-8,14H,2-4,9-10H2,1H3/t14-/m1/s1. The van der Waals surface area contributed by atoms with Crippen LogP contribution in [-0.2, 0) is 0 Å². The molecule has 0 saturated carbocycles. The summed E-state index contributed by atoms with van der Waals surface area (Å²) in [6, 6.07) is 10.7. The van der Waals surface area contributed by atoms with Crippen LogP contribution in [0.15, 0.2) is 24.3 Å². The summed E-state index contributed by atoms with van der Waals surface area (Å²) in [5.74, 6) is 0. The molecule has 0 N–H and O–H groups in total. The predicted molar refractivity (Wildman–Crippen MR) is 65.0 cm³/mol. The molecule has 0 unspecified atom stereocenters. The molecule has 0 amide bonds. The number of nitriles is 1. The lowest BCUT2D eigenvalue weighted by Crippen LogP contribution is -2.33. The van der Waals surface area contributed by atoms with Crippen LogP contribution in [0.25, 0.3) is 0 Å². The van der Waals surface area contributed by atoms with Crippen LogP contribution in [0.2, 0.25) is 0 Å². The van der Waals surface area contributed by atoms with Gasteiger partial charge in [-0.2, -0.15) is 5.26 Å². The van der Waals surface area contributed by atoms with Crippen molar-refractivity contribution in [1.29, 1.82) is 5.26 Å². The molecule has 1 saturated heterocycles. The molecule has 0 aliphatic carbocycles. The Kier molecular flexibility index (Phi) is 3.58. The van der Waals surface area contributed by atoms with Gasteiger partial charge in [0, 0.05) is 0 Å². The quantitative estimate of drug-likeness (QED) is 0.756. The number of hydrogen-bond donors (Lipinski definition) is 0. The molecule has 1 aromatic carbocycles. The Morgan fingerprint density at radius 2 is 1.75 bits per heavy atom. The average molecular weight is 214 g/mol. The lowest BCUT2D eigenvalue weighted by atomic mass is 10.0. The summed E-state index contributed by atoms with van der Waals surface area (Å²) in [6.45, 7) is 4.20. The zero-order valence-corrected chi connectivity index (χ0v) is 9.82. The van der Waals surface area contributed by atoms with Crippen LogP contribution in [0.3, 0.4) is 0 Å². The summed E-state index contributed by atoms with van der Waals surface area (Å²) in [4.78, 5) is 2.30. The van der Waals surface area contributed by atoms with Crippen LogP contribution in [0, 0.1) is 18.3 Å². The first-order valence-electron chi connectivity index (χ1n) is 6.01. The number of aryl methyl sites for hydroxylation is 1. The van der Waals surface area contributed by atoms with Crippen molar-refractivity contribution >= 4 is 0 Å². The molecule has 2 rings (SSSR count). The molecule has 1 aliphatic rings.